The Morgan fingerprint density at radius 2 is 2.03 bits per heavy atom. The minimum atomic E-state index is -0.208. The minimum Gasteiger partial charge on any atom is -0.370 e. The topological polar surface area (TPSA) is 77.2 Å². The molecule has 0 saturated carbocycles. The third-order valence-electron chi connectivity index (χ3n) is 6.00. The van der Waals surface area contributed by atoms with Gasteiger partial charge in [-0.3, -0.25) is 14.7 Å². The van der Waals surface area contributed by atoms with Crippen LogP contribution in [0.4, 0.5) is 5.69 Å². The number of hydrogen-bond donors (Lipinski definition) is 2. The number of nitrogens with two attached hydrogens (primary N) is 1. The number of carbonyl (C=O) groups excluding carboxylic acids is 1. The second-order valence-corrected chi connectivity index (χ2v) is 8.70. The van der Waals surface area contributed by atoms with E-state index < -0.39 is 0 Å². The van der Waals surface area contributed by atoms with E-state index in [1.807, 2.05) is 25.2 Å². The van der Waals surface area contributed by atoms with Gasteiger partial charge in [-0.1, -0.05) is 17.7 Å². The van der Waals surface area contributed by atoms with Crippen molar-refractivity contribution in [3.05, 3.63) is 29.3 Å². The van der Waals surface area contributed by atoms with Crippen molar-refractivity contribution in [2.75, 3.05) is 64.3 Å². The Bertz CT molecular complexity index is 726. The van der Waals surface area contributed by atoms with Crippen LogP contribution in [0.3, 0.4) is 0 Å². The first-order valence-electron chi connectivity index (χ1n) is 11.0. The van der Waals surface area contributed by atoms with E-state index in [9.17, 15) is 4.79 Å². The van der Waals surface area contributed by atoms with Crippen molar-refractivity contribution in [3.63, 3.8) is 0 Å². The van der Waals surface area contributed by atoms with Crippen molar-refractivity contribution in [2.45, 2.75) is 25.7 Å². The monoisotopic (exact) mass is 562 g/mol. The third kappa shape index (κ3) is 8.31. The van der Waals surface area contributed by atoms with Gasteiger partial charge in [0, 0.05) is 70.0 Å². The molecular formula is C22H36ClIN6O. The number of hydrogen-bond acceptors (Lipinski definition) is 4. The average Bonchev–Trinajstić information content (AvgIpc) is 2.74. The van der Waals surface area contributed by atoms with Crippen LogP contribution in [0.5, 0.6) is 0 Å². The van der Waals surface area contributed by atoms with Crippen LogP contribution < -0.4 is 16.0 Å². The maximum absolute atomic E-state index is 11.2. The van der Waals surface area contributed by atoms with E-state index in [-0.39, 0.29) is 29.9 Å². The van der Waals surface area contributed by atoms with Gasteiger partial charge in [0.15, 0.2) is 5.96 Å². The summed E-state index contributed by atoms with van der Waals surface area (Å²) in [4.78, 5) is 22.9. The van der Waals surface area contributed by atoms with Crippen molar-refractivity contribution < 1.29 is 4.79 Å². The number of likely N-dealkylation sites (tertiary alicyclic amines) is 1. The molecular weight excluding hydrogens is 527 g/mol. The number of anilines is 1. The summed E-state index contributed by atoms with van der Waals surface area (Å²) in [7, 11) is 1.83. The van der Waals surface area contributed by atoms with Gasteiger partial charge in [-0.05, 0) is 49.9 Å². The maximum atomic E-state index is 11.2. The van der Waals surface area contributed by atoms with E-state index >= 15 is 0 Å². The van der Waals surface area contributed by atoms with Crippen molar-refractivity contribution in [1.82, 2.24) is 15.1 Å². The summed E-state index contributed by atoms with van der Waals surface area (Å²) in [6, 6.07) is 8.11. The lowest BCUT2D eigenvalue weighted by atomic mass is 9.95. The number of aliphatic imine (C=N–C) groups is 1. The van der Waals surface area contributed by atoms with E-state index in [2.05, 4.69) is 31.1 Å². The molecule has 1 atom stereocenters. The number of nitrogens with zero attached hydrogens (tertiary/aromatic N) is 4. The molecule has 2 fully saturated rings. The number of carbonyl (C=O) groups is 1. The largest absolute Gasteiger partial charge is 0.370 e. The second-order valence-electron chi connectivity index (χ2n) is 8.26. The zero-order valence-electron chi connectivity index (χ0n) is 18.4. The molecule has 0 spiro atoms. The lowest BCUT2D eigenvalue weighted by molar-refractivity contribution is -0.119. The normalized spacial score (nSPS) is 20.3. The number of piperidine rings is 1. The van der Waals surface area contributed by atoms with Crippen LogP contribution >= 0.6 is 35.6 Å². The Balaban J connectivity index is 0.00000341. The van der Waals surface area contributed by atoms with E-state index in [4.69, 9.17) is 17.3 Å². The predicted molar refractivity (Wildman–Crippen MR) is 140 cm³/mol. The summed E-state index contributed by atoms with van der Waals surface area (Å²) >= 11 is 6.12. The van der Waals surface area contributed by atoms with E-state index in [0.717, 1.165) is 82.6 Å². The Morgan fingerprint density at radius 3 is 2.71 bits per heavy atom. The summed E-state index contributed by atoms with van der Waals surface area (Å²) in [5, 5.41) is 4.30. The van der Waals surface area contributed by atoms with Crippen molar-refractivity contribution in [2.24, 2.45) is 16.6 Å². The van der Waals surface area contributed by atoms with Gasteiger partial charge in [0.2, 0.25) is 5.91 Å². The SMILES string of the molecule is CN=C(NCCCN1CCN(c2cccc(Cl)c2)CC1)N1CCCC(CC(N)=O)C1.I. The molecule has 9 heteroatoms. The van der Waals surface area contributed by atoms with Crippen LogP contribution in [0.25, 0.3) is 0 Å². The smallest absolute Gasteiger partial charge is 0.217 e. The molecule has 3 rings (SSSR count). The van der Waals surface area contributed by atoms with Crippen LogP contribution in [-0.4, -0.2) is 81.1 Å². The van der Waals surface area contributed by atoms with E-state index in [0.29, 0.717) is 12.3 Å². The molecule has 2 aliphatic rings. The minimum absolute atomic E-state index is 0. The maximum Gasteiger partial charge on any atom is 0.217 e. The number of guanidine groups is 1. The highest BCUT2D eigenvalue weighted by Gasteiger charge is 2.23. The molecule has 1 aromatic rings. The van der Waals surface area contributed by atoms with Gasteiger partial charge in [-0.15, -0.1) is 24.0 Å². The quantitative estimate of drug-likeness (QED) is 0.231. The van der Waals surface area contributed by atoms with E-state index in [1.165, 1.54) is 5.69 Å². The summed E-state index contributed by atoms with van der Waals surface area (Å²) in [5.41, 5.74) is 6.59. The first-order valence-corrected chi connectivity index (χ1v) is 11.4. The third-order valence-corrected chi connectivity index (χ3v) is 6.24. The first-order chi connectivity index (χ1) is 14.5. The molecule has 0 aliphatic carbocycles. The predicted octanol–water partition coefficient (Wildman–Crippen LogP) is 2.63. The molecule has 174 valence electrons. The van der Waals surface area contributed by atoms with Gasteiger partial charge >= 0.3 is 0 Å². The highest BCUT2D eigenvalue weighted by atomic mass is 127. The summed E-state index contributed by atoms with van der Waals surface area (Å²) in [5.74, 6) is 1.07. The van der Waals surface area contributed by atoms with Crippen LogP contribution in [0, 0.1) is 5.92 Å². The first kappa shape index (κ1) is 26.0. The molecule has 0 bridgehead atoms. The Morgan fingerprint density at radius 1 is 1.26 bits per heavy atom. The molecule has 0 radical (unpaired) electrons. The zero-order valence-corrected chi connectivity index (χ0v) is 21.5. The van der Waals surface area contributed by atoms with Gasteiger partial charge in [0.1, 0.15) is 0 Å². The summed E-state index contributed by atoms with van der Waals surface area (Å²) in [6.07, 6.45) is 3.69. The number of primary amides is 1. The fourth-order valence-corrected chi connectivity index (χ4v) is 4.63. The van der Waals surface area contributed by atoms with Crippen molar-refractivity contribution in [1.29, 1.82) is 0 Å². The average molecular weight is 563 g/mol. The number of piperazine rings is 1. The molecule has 7 nitrogen and oxygen atoms in total. The number of amides is 1. The number of benzene rings is 1. The molecule has 2 saturated heterocycles. The van der Waals surface area contributed by atoms with Crippen LogP contribution in [0.1, 0.15) is 25.7 Å². The van der Waals surface area contributed by atoms with Crippen molar-refractivity contribution in [3.8, 4) is 0 Å². The molecule has 0 aromatic heterocycles. The Labute approximate surface area is 208 Å². The highest BCUT2D eigenvalue weighted by Crippen LogP contribution is 2.21. The van der Waals surface area contributed by atoms with Crippen LogP contribution in [-0.2, 0) is 4.79 Å². The van der Waals surface area contributed by atoms with Gasteiger partial charge in [0.05, 0.1) is 0 Å². The Hall–Kier alpha value is -1.26. The highest BCUT2D eigenvalue weighted by molar-refractivity contribution is 14.0. The lowest BCUT2D eigenvalue weighted by Gasteiger charge is -2.36. The molecule has 2 heterocycles. The summed E-state index contributed by atoms with van der Waals surface area (Å²) < 4.78 is 0. The Kier molecular flexibility index (Phi) is 11.2. The van der Waals surface area contributed by atoms with E-state index in [1.54, 1.807) is 0 Å². The van der Waals surface area contributed by atoms with Gasteiger partial charge in [0.25, 0.3) is 0 Å². The van der Waals surface area contributed by atoms with Gasteiger partial charge < -0.3 is 20.9 Å². The number of rotatable bonds is 7. The molecule has 2 aliphatic heterocycles. The molecule has 1 unspecified atom stereocenters. The standard InChI is InChI=1S/C22H35ClN6O.HI/c1-25-22(29-10-3-5-18(17-29)15-21(24)30)26-8-4-9-27-11-13-28(14-12-27)20-7-2-6-19(23)16-20;/h2,6-7,16,18H,3-5,8-15,17H2,1H3,(H2,24,30)(H,25,26);1H. The fraction of sp³-hybridized carbons (Fsp3) is 0.636. The summed E-state index contributed by atoms with van der Waals surface area (Å²) in [6.45, 7) is 8.03. The fourth-order valence-electron chi connectivity index (χ4n) is 4.45. The lowest BCUT2D eigenvalue weighted by Crippen LogP contribution is -2.48. The number of halogens is 2. The van der Waals surface area contributed by atoms with Crippen molar-refractivity contribution >= 4 is 53.1 Å². The molecule has 3 N–H and O–H groups in total. The molecule has 31 heavy (non-hydrogen) atoms. The molecule has 1 amide bonds. The van der Waals surface area contributed by atoms with Gasteiger partial charge in [-0.25, -0.2) is 0 Å². The second kappa shape index (κ2) is 13.3. The number of nitrogens with one attached hydrogen (secondary N) is 1. The zero-order chi connectivity index (χ0) is 21.3. The van der Waals surface area contributed by atoms with Gasteiger partial charge in [-0.2, -0.15) is 0 Å². The van der Waals surface area contributed by atoms with Crippen LogP contribution in [0.15, 0.2) is 29.3 Å². The molecule has 1 aromatic carbocycles. The van der Waals surface area contributed by atoms with Crippen LogP contribution in [0.2, 0.25) is 5.02 Å².